The van der Waals surface area contributed by atoms with Crippen LogP contribution in [0.1, 0.15) is 43.0 Å². The number of piperidine rings is 1. The molecule has 1 nitrogen and oxygen atoms in total. The first-order valence-corrected chi connectivity index (χ1v) is 5.72. The summed E-state index contributed by atoms with van der Waals surface area (Å²) in [6.45, 7) is 3.74. The topological polar surface area (TPSA) is 12.0 Å². The Balaban J connectivity index is 2.25. The van der Waals surface area contributed by atoms with Crippen molar-refractivity contribution in [3.8, 4) is 0 Å². The minimum Gasteiger partial charge on any atom is -0.317 e. The summed E-state index contributed by atoms with van der Waals surface area (Å²) in [4.78, 5) is 0. The third-order valence-corrected chi connectivity index (χ3v) is 3.20. The SMILES string of the molecule is CC(F)c1ccccc1C1CCNCC1. The molecule has 1 atom stereocenters. The molecule has 2 rings (SSSR count). The number of rotatable bonds is 2. The van der Waals surface area contributed by atoms with E-state index in [0.717, 1.165) is 31.5 Å². The molecule has 1 fully saturated rings. The van der Waals surface area contributed by atoms with Gasteiger partial charge in [0.25, 0.3) is 0 Å². The van der Waals surface area contributed by atoms with Crippen molar-refractivity contribution in [2.75, 3.05) is 13.1 Å². The summed E-state index contributed by atoms with van der Waals surface area (Å²) in [6, 6.07) is 7.95. The Kier molecular flexibility index (Phi) is 3.37. The van der Waals surface area contributed by atoms with E-state index in [9.17, 15) is 4.39 Å². The molecule has 1 aliphatic heterocycles. The molecule has 82 valence electrons. The Morgan fingerprint density at radius 3 is 2.60 bits per heavy atom. The van der Waals surface area contributed by atoms with Crippen molar-refractivity contribution >= 4 is 0 Å². The van der Waals surface area contributed by atoms with Crippen LogP contribution >= 0.6 is 0 Å². The molecule has 15 heavy (non-hydrogen) atoms. The van der Waals surface area contributed by atoms with Gasteiger partial charge in [-0.05, 0) is 49.9 Å². The fourth-order valence-electron chi connectivity index (χ4n) is 2.38. The molecule has 1 unspecified atom stereocenters. The van der Waals surface area contributed by atoms with E-state index >= 15 is 0 Å². The molecule has 1 aliphatic rings. The van der Waals surface area contributed by atoms with Gasteiger partial charge in [-0.15, -0.1) is 0 Å². The molecule has 1 aromatic carbocycles. The van der Waals surface area contributed by atoms with Crippen molar-refractivity contribution in [1.82, 2.24) is 5.32 Å². The van der Waals surface area contributed by atoms with Crippen LogP contribution in [-0.2, 0) is 0 Å². The second-order valence-corrected chi connectivity index (χ2v) is 4.27. The van der Waals surface area contributed by atoms with Gasteiger partial charge in [0.1, 0.15) is 6.17 Å². The Morgan fingerprint density at radius 1 is 1.27 bits per heavy atom. The van der Waals surface area contributed by atoms with Crippen molar-refractivity contribution in [1.29, 1.82) is 0 Å². The predicted octanol–water partition coefficient (Wildman–Crippen LogP) is 3.18. The first-order valence-electron chi connectivity index (χ1n) is 5.72. The lowest BCUT2D eigenvalue weighted by Crippen LogP contribution is -2.27. The van der Waals surface area contributed by atoms with Crippen LogP contribution in [0.15, 0.2) is 24.3 Å². The highest BCUT2D eigenvalue weighted by Crippen LogP contribution is 2.32. The lowest BCUT2D eigenvalue weighted by molar-refractivity contribution is 0.365. The smallest absolute Gasteiger partial charge is 0.123 e. The summed E-state index contributed by atoms with van der Waals surface area (Å²) < 4.78 is 13.4. The third kappa shape index (κ3) is 2.37. The molecule has 0 saturated carbocycles. The van der Waals surface area contributed by atoms with Gasteiger partial charge in [0.2, 0.25) is 0 Å². The molecule has 0 aliphatic carbocycles. The maximum Gasteiger partial charge on any atom is 0.123 e. The van der Waals surface area contributed by atoms with Crippen LogP contribution in [-0.4, -0.2) is 13.1 Å². The van der Waals surface area contributed by atoms with Gasteiger partial charge in [-0.25, -0.2) is 4.39 Å². The van der Waals surface area contributed by atoms with E-state index < -0.39 is 6.17 Å². The second kappa shape index (κ2) is 4.75. The average molecular weight is 207 g/mol. The van der Waals surface area contributed by atoms with Gasteiger partial charge in [-0.3, -0.25) is 0 Å². The summed E-state index contributed by atoms with van der Waals surface area (Å²) in [5, 5.41) is 3.34. The van der Waals surface area contributed by atoms with E-state index in [0.29, 0.717) is 5.92 Å². The molecule has 1 aromatic rings. The standard InChI is InChI=1S/C13H18FN/c1-10(14)12-4-2-3-5-13(12)11-6-8-15-9-7-11/h2-5,10-11,15H,6-9H2,1H3. The first-order chi connectivity index (χ1) is 7.29. The fourth-order valence-corrected chi connectivity index (χ4v) is 2.38. The first kappa shape index (κ1) is 10.6. The fraction of sp³-hybridized carbons (Fsp3) is 0.538. The van der Waals surface area contributed by atoms with E-state index in [1.165, 1.54) is 5.56 Å². The van der Waals surface area contributed by atoms with Gasteiger partial charge in [0.05, 0.1) is 0 Å². The zero-order valence-electron chi connectivity index (χ0n) is 9.17. The molecule has 0 amide bonds. The molecule has 0 aromatic heterocycles. The minimum absolute atomic E-state index is 0.542. The number of hydrogen-bond donors (Lipinski definition) is 1. The number of benzene rings is 1. The largest absolute Gasteiger partial charge is 0.317 e. The van der Waals surface area contributed by atoms with E-state index in [1.54, 1.807) is 6.92 Å². The quantitative estimate of drug-likeness (QED) is 0.785. The van der Waals surface area contributed by atoms with E-state index in [1.807, 2.05) is 18.2 Å². The lowest BCUT2D eigenvalue weighted by Gasteiger charge is -2.25. The van der Waals surface area contributed by atoms with Crippen LogP contribution in [0.25, 0.3) is 0 Å². The number of nitrogens with one attached hydrogen (secondary N) is 1. The molecule has 0 spiro atoms. The maximum atomic E-state index is 13.4. The molecule has 0 radical (unpaired) electrons. The van der Waals surface area contributed by atoms with Crippen molar-refractivity contribution in [2.24, 2.45) is 0 Å². The molecule has 1 heterocycles. The highest BCUT2D eigenvalue weighted by Gasteiger charge is 2.19. The van der Waals surface area contributed by atoms with Crippen LogP contribution in [0.2, 0.25) is 0 Å². The Bertz CT molecular complexity index is 316. The molecule has 1 saturated heterocycles. The molecule has 0 bridgehead atoms. The van der Waals surface area contributed by atoms with E-state index in [2.05, 4.69) is 11.4 Å². The summed E-state index contributed by atoms with van der Waals surface area (Å²) >= 11 is 0. The van der Waals surface area contributed by atoms with Gasteiger partial charge < -0.3 is 5.32 Å². The maximum absolute atomic E-state index is 13.4. The van der Waals surface area contributed by atoms with Crippen molar-refractivity contribution in [3.05, 3.63) is 35.4 Å². The van der Waals surface area contributed by atoms with Crippen molar-refractivity contribution < 1.29 is 4.39 Å². The normalized spacial score (nSPS) is 20.1. The zero-order chi connectivity index (χ0) is 10.7. The number of hydrogen-bond acceptors (Lipinski definition) is 1. The van der Waals surface area contributed by atoms with Crippen molar-refractivity contribution in [2.45, 2.75) is 31.9 Å². The lowest BCUT2D eigenvalue weighted by atomic mass is 9.86. The summed E-state index contributed by atoms with van der Waals surface area (Å²) in [5.74, 6) is 0.542. The van der Waals surface area contributed by atoms with Crippen molar-refractivity contribution in [3.63, 3.8) is 0 Å². The Labute approximate surface area is 90.7 Å². The highest BCUT2D eigenvalue weighted by atomic mass is 19.1. The predicted molar refractivity (Wildman–Crippen MR) is 60.8 cm³/mol. The number of alkyl halides is 1. The minimum atomic E-state index is -0.851. The van der Waals surface area contributed by atoms with Crippen LogP contribution in [0.5, 0.6) is 0 Å². The van der Waals surface area contributed by atoms with Crippen LogP contribution in [0.4, 0.5) is 4.39 Å². The average Bonchev–Trinajstić information content (AvgIpc) is 2.30. The van der Waals surface area contributed by atoms with Gasteiger partial charge >= 0.3 is 0 Å². The van der Waals surface area contributed by atoms with Gasteiger partial charge in [0, 0.05) is 0 Å². The summed E-state index contributed by atoms with van der Waals surface area (Å²) in [7, 11) is 0. The third-order valence-electron chi connectivity index (χ3n) is 3.20. The van der Waals surface area contributed by atoms with Gasteiger partial charge in [0.15, 0.2) is 0 Å². The Hall–Kier alpha value is -0.890. The van der Waals surface area contributed by atoms with Gasteiger partial charge in [-0.1, -0.05) is 24.3 Å². The Morgan fingerprint density at radius 2 is 1.93 bits per heavy atom. The van der Waals surface area contributed by atoms with E-state index in [-0.39, 0.29) is 0 Å². The monoisotopic (exact) mass is 207 g/mol. The molecular weight excluding hydrogens is 189 g/mol. The summed E-state index contributed by atoms with van der Waals surface area (Å²) in [5.41, 5.74) is 2.10. The van der Waals surface area contributed by atoms with E-state index in [4.69, 9.17) is 0 Å². The molecular formula is C13H18FN. The van der Waals surface area contributed by atoms with Crippen LogP contribution < -0.4 is 5.32 Å². The molecule has 1 N–H and O–H groups in total. The highest BCUT2D eigenvalue weighted by molar-refractivity contribution is 5.32. The van der Waals surface area contributed by atoms with Crippen LogP contribution in [0.3, 0.4) is 0 Å². The zero-order valence-corrected chi connectivity index (χ0v) is 9.17. The second-order valence-electron chi connectivity index (χ2n) is 4.27. The van der Waals surface area contributed by atoms with Crippen LogP contribution in [0, 0.1) is 0 Å². The summed E-state index contributed by atoms with van der Waals surface area (Å²) in [6.07, 6.45) is 1.41. The van der Waals surface area contributed by atoms with Gasteiger partial charge in [-0.2, -0.15) is 0 Å². The molecule has 2 heteroatoms. The number of halogens is 1.